The van der Waals surface area contributed by atoms with Crippen LogP contribution in [-0.2, 0) is 20.3 Å². The molecule has 0 heterocycles. The van der Waals surface area contributed by atoms with Crippen LogP contribution in [0.4, 0.5) is 0 Å². The van der Waals surface area contributed by atoms with Crippen molar-refractivity contribution in [3.8, 4) is 0 Å². The number of hydrogen-bond acceptors (Lipinski definition) is 4. The van der Waals surface area contributed by atoms with Crippen LogP contribution in [0.1, 0.15) is 29.8 Å². The summed E-state index contributed by atoms with van der Waals surface area (Å²) in [6.45, 7) is 3.55. The van der Waals surface area contributed by atoms with E-state index in [0.717, 1.165) is 0 Å². The summed E-state index contributed by atoms with van der Waals surface area (Å²) in [5, 5.41) is 0. The number of rotatable bonds is 4. The van der Waals surface area contributed by atoms with Crippen LogP contribution >= 0.6 is 0 Å². The molecule has 0 N–H and O–H groups in total. The van der Waals surface area contributed by atoms with E-state index < -0.39 is 15.8 Å². The summed E-state index contributed by atoms with van der Waals surface area (Å²) in [5.74, 6) is -0.419. The number of carbonyl (C=O) groups is 1. The Morgan fingerprint density at radius 3 is 2.18 bits per heavy atom. The second kappa shape index (κ2) is 5.31. The molecule has 0 radical (unpaired) electrons. The van der Waals surface area contributed by atoms with Gasteiger partial charge in [-0.05, 0) is 31.5 Å². The molecule has 1 aromatic rings. The van der Waals surface area contributed by atoms with Gasteiger partial charge >= 0.3 is 5.97 Å². The Hall–Kier alpha value is -1.36. The molecule has 94 valence electrons. The molecule has 0 bridgehead atoms. The van der Waals surface area contributed by atoms with Gasteiger partial charge in [-0.2, -0.15) is 0 Å². The van der Waals surface area contributed by atoms with Crippen LogP contribution in [0.25, 0.3) is 0 Å². The van der Waals surface area contributed by atoms with E-state index in [0.29, 0.717) is 11.1 Å². The quantitative estimate of drug-likeness (QED) is 0.771. The van der Waals surface area contributed by atoms with Crippen molar-refractivity contribution in [2.75, 3.05) is 6.26 Å². The van der Waals surface area contributed by atoms with Crippen LogP contribution in [0, 0.1) is 0 Å². The molecule has 0 aliphatic rings. The van der Waals surface area contributed by atoms with Crippen molar-refractivity contribution in [1.29, 1.82) is 0 Å². The summed E-state index contributed by atoms with van der Waals surface area (Å²) in [6, 6.07) is 6.40. The molecule has 0 saturated heterocycles. The van der Waals surface area contributed by atoms with Crippen molar-refractivity contribution < 1.29 is 17.9 Å². The number of sulfone groups is 1. The van der Waals surface area contributed by atoms with Crippen LogP contribution in [0.15, 0.2) is 24.3 Å². The lowest BCUT2D eigenvalue weighted by atomic mass is 10.1. The zero-order chi connectivity index (χ0) is 13.1. The first-order chi connectivity index (χ1) is 7.78. The first kappa shape index (κ1) is 13.7. The molecule has 1 aromatic carbocycles. The highest BCUT2D eigenvalue weighted by atomic mass is 32.2. The third-order valence-electron chi connectivity index (χ3n) is 1.96. The first-order valence-electron chi connectivity index (χ1n) is 5.25. The molecule has 0 atom stereocenters. The Bertz CT molecular complexity index is 486. The summed E-state index contributed by atoms with van der Waals surface area (Å²) >= 11 is 0. The number of benzene rings is 1. The number of carbonyl (C=O) groups excluding carboxylic acids is 1. The van der Waals surface area contributed by atoms with Crippen molar-refractivity contribution in [3.05, 3.63) is 35.4 Å². The molecule has 0 unspecified atom stereocenters. The normalized spacial score (nSPS) is 11.5. The van der Waals surface area contributed by atoms with E-state index >= 15 is 0 Å². The lowest BCUT2D eigenvalue weighted by molar-refractivity contribution is 0.0378. The number of esters is 1. The highest BCUT2D eigenvalue weighted by Crippen LogP contribution is 2.09. The van der Waals surface area contributed by atoms with Gasteiger partial charge in [0.25, 0.3) is 0 Å². The van der Waals surface area contributed by atoms with E-state index in [9.17, 15) is 13.2 Å². The Labute approximate surface area is 102 Å². The van der Waals surface area contributed by atoms with Gasteiger partial charge in [0.2, 0.25) is 0 Å². The minimum absolute atomic E-state index is 0.0213. The van der Waals surface area contributed by atoms with Gasteiger partial charge in [0.1, 0.15) is 0 Å². The highest BCUT2D eigenvalue weighted by molar-refractivity contribution is 7.89. The largest absolute Gasteiger partial charge is 0.459 e. The third-order valence-corrected chi connectivity index (χ3v) is 2.82. The smallest absolute Gasteiger partial charge is 0.338 e. The van der Waals surface area contributed by atoms with E-state index in [1.165, 1.54) is 6.26 Å². The van der Waals surface area contributed by atoms with Gasteiger partial charge < -0.3 is 4.74 Å². The summed E-state index contributed by atoms with van der Waals surface area (Å²) in [7, 11) is -3.05. The lowest BCUT2D eigenvalue weighted by Gasteiger charge is -2.08. The van der Waals surface area contributed by atoms with E-state index in [1.807, 2.05) is 0 Å². The summed E-state index contributed by atoms with van der Waals surface area (Å²) in [5.41, 5.74) is 1.09. The molecule has 0 aliphatic heterocycles. The maximum atomic E-state index is 11.5. The van der Waals surface area contributed by atoms with Gasteiger partial charge in [0, 0.05) is 6.26 Å². The fraction of sp³-hybridized carbons (Fsp3) is 0.417. The molecule has 4 nitrogen and oxygen atoms in total. The molecule has 5 heteroatoms. The van der Waals surface area contributed by atoms with Crippen LogP contribution < -0.4 is 0 Å². The predicted octanol–water partition coefficient (Wildman–Crippen LogP) is 1.80. The van der Waals surface area contributed by atoms with Crippen molar-refractivity contribution in [3.63, 3.8) is 0 Å². The average Bonchev–Trinajstić information content (AvgIpc) is 2.15. The Morgan fingerprint density at radius 1 is 1.24 bits per heavy atom. The molecule has 17 heavy (non-hydrogen) atoms. The lowest BCUT2D eigenvalue weighted by Crippen LogP contribution is -2.11. The van der Waals surface area contributed by atoms with Gasteiger partial charge in [-0.15, -0.1) is 0 Å². The zero-order valence-electron chi connectivity index (χ0n) is 10.1. The molecule has 1 rings (SSSR count). The fourth-order valence-corrected chi connectivity index (χ4v) is 2.12. The third kappa shape index (κ3) is 4.99. The average molecular weight is 256 g/mol. The molecule has 0 aromatic heterocycles. The standard InChI is InChI=1S/C12H16O4S/c1-9(2)16-12(13)11-6-4-10(5-7-11)8-17(3,14)15/h4-7,9H,8H2,1-3H3. The first-order valence-corrected chi connectivity index (χ1v) is 7.31. The van der Waals surface area contributed by atoms with Crippen LogP contribution in [0.3, 0.4) is 0 Å². The van der Waals surface area contributed by atoms with E-state index in [2.05, 4.69) is 0 Å². The van der Waals surface area contributed by atoms with E-state index in [-0.39, 0.29) is 11.9 Å². The summed E-state index contributed by atoms with van der Waals surface area (Å²) in [6.07, 6.45) is 1.01. The topological polar surface area (TPSA) is 60.4 Å². The minimum atomic E-state index is -3.05. The number of ether oxygens (including phenoxy) is 1. The number of hydrogen-bond donors (Lipinski definition) is 0. The molecular formula is C12H16O4S. The Balaban J connectivity index is 2.78. The van der Waals surface area contributed by atoms with Gasteiger partial charge in [-0.25, -0.2) is 13.2 Å². The maximum absolute atomic E-state index is 11.5. The molecule has 0 saturated carbocycles. The monoisotopic (exact) mass is 256 g/mol. The summed E-state index contributed by atoms with van der Waals surface area (Å²) in [4.78, 5) is 11.5. The van der Waals surface area contributed by atoms with Crippen molar-refractivity contribution in [1.82, 2.24) is 0 Å². The maximum Gasteiger partial charge on any atom is 0.338 e. The molecular weight excluding hydrogens is 240 g/mol. The molecule has 0 amide bonds. The second-order valence-electron chi connectivity index (χ2n) is 4.22. The molecule has 0 aliphatic carbocycles. The van der Waals surface area contributed by atoms with Gasteiger partial charge in [-0.3, -0.25) is 0 Å². The van der Waals surface area contributed by atoms with Crippen LogP contribution in [-0.4, -0.2) is 26.7 Å². The summed E-state index contributed by atoms with van der Waals surface area (Å²) < 4.78 is 27.2. The van der Waals surface area contributed by atoms with E-state index in [1.54, 1.807) is 38.1 Å². The SMILES string of the molecule is CC(C)OC(=O)c1ccc(CS(C)(=O)=O)cc1. The van der Waals surface area contributed by atoms with E-state index in [4.69, 9.17) is 4.74 Å². The fourth-order valence-electron chi connectivity index (χ4n) is 1.32. The predicted molar refractivity (Wildman–Crippen MR) is 65.5 cm³/mol. The van der Waals surface area contributed by atoms with Gasteiger partial charge in [-0.1, -0.05) is 12.1 Å². The Kier molecular flexibility index (Phi) is 4.28. The Morgan fingerprint density at radius 2 is 1.76 bits per heavy atom. The van der Waals surface area contributed by atoms with Crippen LogP contribution in [0.5, 0.6) is 0 Å². The second-order valence-corrected chi connectivity index (χ2v) is 6.36. The minimum Gasteiger partial charge on any atom is -0.459 e. The van der Waals surface area contributed by atoms with Crippen LogP contribution in [0.2, 0.25) is 0 Å². The van der Waals surface area contributed by atoms with Gasteiger partial charge in [0.05, 0.1) is 17.4 Å². The molecule has 0 fully saturated rings. The highest BCUT2D eigenvalue weighted by Gasteiger charge is 2.10. The van der Waals surface area contributed by atoms with Crippen molar-refractivity contribution in [2.24, 2.45) is 0 Å². The zero-order valence-corrected chi connectivity index (χ0v) is 11.0. The molecule has 0 spiro atoms. The van der Waals surface area contributed by atoms with Gasteiger partial charge in [0.15, 0.2) is 9.84 Å². The van der Waals surface area contributed by atoms with Crippen molar-refractivity contribution in [2.45, 2.75) is 25.7 Å². The van der Waals surface area contributed by atoms with Crippen molar-refractivity contribution >= 4 is 15.8 Å².